The Bertz CT molecular complexity index is 1500. The van der Waals surface area contributed by atoms with Crippen molar-refractivity contribution in [2.45, 2.75) is 4.90 Å². The molecule has 0 spiro atoms. The fraction of sp³-hybridized carbons (Fsp3) is 0.125. The molecular formula is C24H22N4O6S. The summed E-state index contributed by atoms with van der Waals surface area (Å²) in [7, 11) is -1.36. The number of rotatable bonds is 8. The average Bonchev–Trinajstić information content (AvgIpc) is 3.20. The van der Waals surface area contributed by atoms with Crippen molar-refractivity contribution in [2.75, 3.05) is 25.1 Å². The molecule has 1 heterocycles. The third-order valence-corrected chi connectivity index (χ3v) is 6.96. The Hall–Kier alpha value is -4.38. The van der Waals surface area contributed by atoms with E-state index in [1.54, 1.807) is 54.6 Å². The van der Waals surface area contributed by atoms with Gasteiger partial charge in [-0.15, -0.1) is 10.2 Å². The number of ether oxygens (including phenoxy) is 2. The number of sulfonamides is 1. The van der Waals surface area contributed by atoms with E-state index in [2.05, 4.69) is 15.2 Å². The fourth-order valence-corrected chi connectivity index (χ4v) is 4.92. The van der Waals surface area contributed by atoms with E-state index in [0.717, 1.165) is 4.31 Å². The topological polar surface area (TPSA) is 134 Å². The van der Waals surface area contributed by atoms with Crippen LogP contribution in [0.2, 0.25) is 0 Å². The van der Waals surface area contributed by atoms with Crippen LogP contribution >= 0.6 is 0 Å². The predicted molar refractivity (Wildman–Crippen MR) is 130 cm³/mol. The zero-order valence-electron chi connectivity index (χ0n) is 18.9. The lowest BCUT2D eigenvalue weighted by atomic mass is 10.2. The number of nitrogens with zero attached hydrogens (tertiary/aromatic N) is 3. The van der Waals surface area contributed by atoms with Crippen LogP contribution in [-0.2, 0) is 14.8 Å². The number of aromatic amines is 1. The Labute approximate surface area is 201 Å². The van der Waals surface area contributed by atoms with Gasteiger partial charge < -0.3 is 19.6 Å². The molecule has 0 saturated heterocycles. The smallest absolute Gasteiger partial charge is 0.285 e. The lowest BCUT2D eigenvalue weighted by Gasteiger charge is -2.23. The minimum atomic E-state index is -4.20. The molecule has 1 amide bonds. The van der Waals surface area contributed by atoms with Crippen LogP contribution in [0, 0.1) is 0 Å². The molecule has 0 atom stereocenters. The average molecular weight is 495 g/mol. The van der Waals surface area contributed by atoms with E-state index < -0.39 is 22.5 Å². The van der Waals surface area contributed by atoms with Gasteiger partial charge >= 0.3 is 0 Å². The van der Waals surface area contributed by atoms with E-state index in [9.17, 15) is 18.3 Å². The number of para-hydroxylation sites is 2. The number of nitrogens with one attached hydrogen (secondary N) is 1. The maximum absolute atomic E-state index is 13.6. The molecule has 0 aliphatic carbocycles. The van der Waals surface area contributed by atoms with Gasteiger partial charge in [-0.3, -0.25) is 9.10 Å². The number of anilines is 1. The summed E-state index contributed by atoms with van der Waals surface area (Å²) in [4.78, 5) is 15.4. The van der Waals surface area contributed by atoms with E-state index in [-0.39, 0.29) is 27.9 Å². The lowest BCUT2D eigenvalue weighted by molar-refractivity contribution is -0.116. The van der Waals surface area contributed by atoms with Gasteiger partial charge in [0.15, 0.2) is 17.2 Å². The molecule has 0 saturated carbocycles. The number of hydrogen-bond acceptors (Lipinski definition) is 7. The van der Waals surface area contributed by atoms with Crippen molar-refractivity contribution in [3.63, 3.8) is 0 Å². The number of carbonyl (C=O) groups is 1. The van der Waals surface area contributed by atoms with Gasteiger partial charge in [0, 0.05) is 11.5 Å². The van der Waals surface area contributed by atoms with E-state index in [1.165, 1.54) is 32.4 Å². The Morgan fingerprint density at radius 2 is 1.66 bits per heavy atom. The number of aromatic hydroxyl groups is 1. The molecule has 0 fully saturated rings. The van der Waals surface area contributed by atoms with Crippen molar-refractivity contribution in [2.24, 2.45) is 10.2 Å². The molecule has 4 aromatic rings. The molecular weight excluding hydrogens is 472 g/mol. The number of aromatic nitrogens is 1. The van der Waals surface area contributed by atoms with Crippen LogP contribution in [0.25, 0.3) is 10.9 Å². The van der Waals surface area contributed by atoms with Gasteiger partial charge in [0.1, 0.15) is 6.54 Å². The van der Waals surface area contributed by atoms with E-state index in [4.69, 9.17) is 9.47 Å². The van der Waals surface area contributed by atoms with Crippen molar-refractivity contribution in [3.8, 4) is 17.4 Å². The summed E-state index contributed by atoms with van der Waals surface area (Å²) in [6.45, 7) is -0.618. The number of amides is 1. The van der Waals surface area contributed by atoms with Crippen molar-refractivity contribution >= 4 is 38.2 Å². The second kappa shape index (κ2) is 9.85. The first kappa shape index (κ1) is 23.8. The lowest BCUT2D eigenvalue weighted by Crippen LogP contribution is -2.35. The zero-order chi connectivity index (χ0) is 25.0. The molecule has 4 rings (SSSR count). The highest BCUT2D eigenvalue weighted by Gasteiger charge is 2.28. The Kier molecular flexibility index (Phi) is 6.69. The van der Waals surface area contributed by atoms with Gasteiger partial charge in [0.2, 0.25) is 5.88 Å². The summed E-state index contributed by atoms with van der Waals surface area (Å²) in [5, 5.41) is 18.2. The van der Waals surface area contributed by atoms with Crippen LogP contribution in [0.1, 0.15) is 0 Å². The van der Waals surface area contributed by atoms with E-state index in [1.807, 2.05) is 0 Å². The SMILES string of the molecule is COc1ccc(S(=O)(=O)N(CC(=O)N=Nc2c(O)[nH]c3ccccc23)c2ccccc2)cc1OC. The molecule has 0 radical (unpaired) electrons. The summed E-state index contributed by atoms with van der Waals surface area (Å²) >= 11 is 0. The first-order chi connectivity index (χ1) is 16.8. The van der Waals surface area contributed by atoms with E-state index in [0.29, 0.717) is 16.7 Å². The monoisotopic (exact) mass is 494 g/mol. The number of fused-ring (bicyclic) bond motifs is 1. The predicted octanol–water partition coefficient (Wildman–Crippen LogP) is 4.40. The summed E-state index contributed by atoms with van der Waals surface area (Å²) in [6, 6.07) is 19.3. The Morgan fingerprint density at radius 1 is 0.971 bits per heavy atom. The van der Waals surface area contributed by atoms with Gasteiger partial charge in [-0.25, -0.2) is 8.42 Å². The van der Waals surface area contributed by atoms with Gasteiger partial charge in [-0.05, 0) is 30.3 Å². The molecule has 0 aliphatic heterocycles. The summed E-state index contributed by atoms with van der Waals surface area (Å²) in [5.41, 5.74) is 0.970. The minimum Gasteiger partial charge on any atom is -0.493 e. The molecule has 0 aliphatic rings. The standard InChI is InChI=1S/C24H22N4O6S/c1-33-20-13-12-17(14-21(20)34-2)35(31,32)28(16-8-4-3-5-9-16)15-22(29)26-27-23-18-10-6-7-11-19(18)25-24(23)30/h3-14,25,30H,15H2,1-2H3. The first-order valence-corrected chi connectivity index (χ1v) is 11.8. The molecule has 0 unspecified atom stereocenters. The maximum Gasteiger partial charge on any atom is 0.285 e. The van der Waals surface area contributed by atoms with Gasteiger partial charge in [0.05, 0.1) is 30.3 Å². The first-order valence-electron chi connectivity index (χ1n) is 10.4. The van der Waals surface area contributed by atoms with Crippen molar-refractivity contribution in [1.29, 1.82) is 0 Å². The number of azo groups is 1. The molecule has 2 N–H and O–H groups in total. The number of H-pyrrole nitrogens is 1. The van der Waals surface area contributed by atoms with Crippen molar-refractivity contribution in [3.05, 3.63) is 72.8 Å². The van der Waals surface area contributed by atoms with Crippen molar-refractivity contribution < 1.29 is 27.8 Å². The van der Waals surface area contributed by atoms with Crippen LogP contribution in [0.15, 0.2) is 87.9 Å². The summed E-state index contributed by atoms with van der Waals surface area (Å²) < 4.78 is 38.5. The van der Waals surface area contributed by atoms with Gasteiger partial charge in [-0.2, -0.15) is 0 Å². The molecule has 35 heavy (non-hydrogen) atoms. The Balaban J connectivity index is 1.68. The van der Waals surface area contributed by atoms with Crippen LogP contribution < -0.4 is 13.8 Å². The van der Waals surface area contributed by atoms with Gasteiger partial charge in [-0.1, -0.05) is 36.4 Å². The molecule has 180 valence electrons. The summed E-state index contributed by atoms with van der Waals surface area (Å²) in [5.74, 6) is -0.494. The Morgan fingerprint density at radius 3 is 2.37 bits per heavy atom. The summed E-state index contributed by atoms with van der Waals surface area (Å²) in [6.07, 6.45) is 0. The van der Waals surface area contributed by atoms with Crippen LogP contribution in [0.5, 0.6) is 17.4 Å². The van der Waals surface area contributed by atoms with Crippen LogP contribution in [0.4, 0.5) is 11.4 Å². The number of hydrogen-bond donors (Lipinski definition) is 2. The number of benzene rings is 3. The number of carbonyl (C=O) groups excluding carboxylic acids is 1. The molecule has 0 bridgehead atoms. The third kappa shape index (κ3) is 4.80. The largest absolute Gasteiger partial charge is 0.493 e. The molecule has 10 nitrogen and oxygen atoms in total. The molecule has 1 aromatic heterocycles. The van der Waals surface area contributed by atoms with Crippen molar-refractivity contribution in [1.82, 2.24) is 4.98 Å². The highest BCUT2D eigenvalue weighted by molar-refractivity contribution is 7.92. The molecule has 3 aromatic carbocycles. The second-order valence-electron chi connectivity index (χ2n) is 7.33. The zero-order valence-corrected chi connectivity index (χ0v) is 19.7. The van der Waals surface area contributed by atoms with Crippen LogP contribution in [-0.4, -0.2) is 45.2 Å². The quantitative estimate of drug-likeness (QED) is 0.349. The number of methoxy groups -OCH3 is 2. The molecule has 11 heteroatoms. The normalized spacial score (nSPS) is 11.6. The minimum absolute atomic E-state index is 0.0861. The highest BCUT2D eigenvalue weighted by atomic mass is 32.2. The van der Waals surface area contributed by atoms with E-state index >= 15 is 0 Å². The maximum atomic E-state index is 13.6. The third-order valence-electron chi connectivity index (χ3n) is 5.19. The highest BCUT2D eigenvalue weighted by Crippen LogP contribution is 2.35. The van der Waals surface area contributed by atoms with Gasteiger partial charge in [0.25, 0.3) is 15.9 Å². The van der Waals surface area contributed by atoms with Crippen LogP contribution in [0.3, 0.4) is 0 Å². The second-order valence-corrected chi connectivity index (χ2v) is 9.19. The fourth-order valence-electron chi connectivity index (χ4n) is 3.49.